The van der Waals surface area contributed by atoms with Gasteiger partial charge >= 0.3 is 0 Å². The second-order valence-electron chi connectivity index (χ2n) is 7.32. The van der Waals surface area contributed by atoms with Crippen molar-refractivity contribution in [1.29, 1.82) is 0 Å². The van der Waals surface area contributed by atoms with Gasteiger partial charge in [-0.25, -0.2) is 0 Å². The van der Waals surface area contributed by atoms with E-state index >= 15 is 0 Å². The van der Waals surface area contributed by atoms with Crippen molar-refractivity contribution in [3.8, 4) is 23.0 Å². The van der Waals surface area contributed by atoms with E-state index in [1.54, 1.807) is 24.3 Å². The summed E-state index contributed by atoms with van der Waals surface area (Å²) >= 11 is 0. The first-order valence-corrected chi connectivity index (χ1v) is 9.97. The largest absolute Gasteiger partial charge is 0.508 e. The van der Waals surface area contributed by atoms with E-state index in [1.807, 2.05) is 0 Å². The van der Waals surface area contributed by atoms with Crippen molar-refractivity contribution in [1.82, 2.24) is 0 Å². The van der Waals surface area contributed by atoms with Crippen molar-refractivity contribution in [3.05, 3.63) is 83.4 Å². The van der Waals surface area contributed by atoms with E-state index in [0.717, 1.165) is 4.90 Å². The molecule has 0 radical (unpaired) electrons. The lowest BCUT2D eigenvalue weighted by Gasteiger charge is -2.26. The number of amides is 1. The molecule has 1 atom stereocenters. The molecule has 1 heterocycles. The van der Waals surface area contributed by atoms with Crippen LogP contribution in [0.3, 0.4) is 0 Å². The summed E-state index contributed by atoms with van der Waals surface area (Å²) in [5.41, 5.74) is 0.518. The standard InChI is InChI=1S/C25H21NO7/c1-32-16-11-12-20(33-2)17(13-16)23(29)21-22(14-7-9-15(27)10-8-14)26(25(31)24(21)30)18-5-3-4-6-19(18)28/h3-13,22,27-29H,1-2H3/b23-21+. The maximum absolute atomic E-state index is 13.2. The van der Waals surface area contributed by atoms with E-state index in [9.17, 15) is 24.9 Å². The fraction of sp³-hybridized carbons (Fsp3) is 0.120. The third-order valence-electron chi connectivity index (χ3n) is 5.46. The SMILES string of the molecule is COc1ccc(OC)c(/C(O)=C2\C(=O)C(=O)N(c3ccccc3O)C2c2ccc(O)cc2)c1. The van der Waals surface area contributed by atoms with Crippen molar-refractivity contribution >= 4 is 23.1 Å². The molecule has 1 aliphatic rings. The number of ether oxygens (including phenoxy) is 2. The Morgan fingerprint density at radius 3 is 2.24 bits per heavy atom. The smallest absolute Gasteiger partial charge is 0.300 e. The number of aromatic hydroxyl groups is 2. The Kier molecular flexibility index (Phi) is 5.66. The molecule has 0 bridgehead atoms. The third kappa shape index (κ3) is 3.71. The molecular formula is C25H21NO7. The monoisotopic (exact) mass is 447 g/mol. The Balaban J connectivity index is 2.00. The number of benzene rings is 3. The molecule has 0 aromatic heterocycles. The highest BCUT2D eigenvalue weighted by molar-refractivity contribution is 6.52. The number of carbonyl (C=O) groups is 2. The lowest BCUT2D eigenvalue weighted by molar-refractivity contribution is -0.132. The highest BCUT2D eigenvalue weighted by Crippen LogP contribution is 2.45. The first-order chi connectivity index (χ1) is 15.9. The highest BCUT2D eigenvalue weighted by Gasteiger charge is 2.48. The topological polar surface area (TPSA) is 117 Å². The van der Waals surface area contributed by atoms with Crippen LogP contribution in [0.15, 0.2) is 72.3 Å². The Morgan fingerprint density at radius 2 is 1.61 bits per heavy atom. The molecule has 1 amide bonds. The van der Waals surface area contributed by atoms with Gasteiger partial charge in [0.25, 0.3) is 11.7 Å². The molecular weight excluding hydrogens is 426 g/mol. The van der Waals surface area contributed by atoms with E-state index in [1.165, 1.54) is 56.7 Å². The average molecular weight is 447 g/mol. The molecule has 3 N–H and O–H groups in total. The van der Waals surface area contributed by atoms with E-state index in [0.29, 0.717) is 11.3 Å². The summed E-state index contributed by atoms with van der Waals surface area (Å²) in [4.78, 5) is 27.5. The van der Waals surface area contributed by atoms with Crippen LogP contribution in [0.1, 0.15) is 17.2 Å². The summed E-state index contributed by atoms with van der Waals surface area (Å²) in [5.74, 6) is -1.84. The number of ketones is 1. The molecule has 33 heavy (non-hydrogen) atoms. The zero-order chi connectivity index (χ0) is 23.7. The number of aliphatic hydroxyl groups excluding tert-OH is 1. The molecule has 0 spiro atoms. The van der Waals surface area contributed by atoms with Crippen molar-refractivity contribution < 1.29 is 34.4 Å². The van der Waals surface area contributed by atoms with Crippen LogP contribution in [0.2, 0.25) is 0 Å². The Morgan fingerprint density at radius 1 is 0.909 bits per heavy atom. The van der Waals surface area contributed by atoms with Crippen molar-refractivity contribution in [2.75, 3.05) is 19.1 Å². The molecule has 8 heteroatoms. The van der Waals surface area contributed by atoms with Crippen molar-refractivity contribution in [3.63, 3.8) is 0 Å². The van der Waals surface area contributed by atoms with Crippen LogP contribution in [0.25, 0.3) is 5.76 Å². The van der Waals surface area contributed by atoms with Gasteiger partial charge in [-0.2, -0.15) is 0 Å². The van der Waals surface area contributed by atoms with Crippen LogP contribution in [0, 0.1) is 0 Å². The molecule has 3 aromatic rings. The summed E-state index contributed by atoms with van der Waals surface area (Å²) < 4.78 is 10.6. The van der Waals surface area contributed by atoms with Gasteiger partial charge in [0.15, 0.2) is 0 Å². The highest BCUT2D eigenvalue weighted by atomic mass is 16.5. The van der Waals surface area contributed by atoms with E-state index in [4.69, 9.17) is 9.47 Å². The Bertz CT molecular complexity index is 1260. The average Bonchev–Trinajstić information content (AvgIpc) is 3.09. The number of carbonyl (C=O) groups excluding carboxylic acids is 2. The van der Waals surface area contributed by atoms with Gasteiger partial charge in [0, 0.05) is 0 Å². The number of anilines is 1. The predicted octanol–water partition coefficient (Wildman–Crippen LogP) is 3.74. The van der Waals surface area contributed by atoms with Gasteiger partial charge < -0.3 is 24.8 Å². The number of phenols is 2. The fourth-order valence-electron chi connectivity index (χ4n) is 3.87. The van der Waals surface area contributed by atoms with Crippen LogP contribution in [-0.4, -0.2) is 41.2 Å². The quantitative estimate of drug-likeness (QED) is 0.310. The minimum Gasteiger partial charge on any atom is -0.508 e. The minimum absolute atomic E-state index is 0.00674. The number of phenolic OH excluding ortho intramolecular Hbond substituents is 2. The number of rotatable bonds is 5. The van der Waals surface area contributed by atoms with Gasteiger partial charge in [0.05, 0.1) is 37.1 Å². The number of methoxy groups -OCH3 is 2. The first kappa shape index (κ1) is 21.8. The number of aliphatic hydroxyl groups is 1. The van der Waals surface area contributed by atoms with Crippen LogP contribution >= 0.6 is 0 Å². The summed E-state index contributed by atoms with van der Waals surface area (Å²) in [6.07, 6.45) is 0. The van der Waals surface area contributed by atoms with E-state index in [-0.39, 0.29) is 34.1 Å². The minimum atomic E-state index is -1.07. The zero-order valence-corrected chi connectivity index (χ0v) is 17.9. The number of nitrogens with zero attached hydrogens (tertiary/aromatic N) is 1. The normalized spacial score (nSPS) is 17.3. The predicted molar refractivity (Wildman–Crippen MR) is 121 cm³/mol. The van der Waals surface area contributed by atoms with Crippen LogP contribution in [0.5, 0.6) is 23.0 Å². The molecule has 0 saturated carbocycles. The number of hydrogen-bond donors (Lipinski definition) is 3. The van der Waals surface area contributed by atoms with Gasteiger partial charge in [-0.1, -0.05) is 24.3 Å². The molecule has 0 aliphatic carbocycles. The van der Waals surface area contributed by atoms with E-state index in [2.05, 4.69) is 0 Å². The van der Waals surface area contributed by atoms with Gasteiger partial charge in [-0.3, -0.25) is 14.5 Å². The number of hydrogen-bond acceptors (Lipinski definition) is 7. The molecule has 1 fully saturated rings. The summed E-state index contributed by atoms with van der Waals surface area (Å²) in [6, 6.07) is 15.6. The van der Waals surface area contributed by atoms with Gasteiger partial charge in [-0.05, 0) is 48.0 Å². The molecule has 168 valence electrons. The van der Waals surface area contributed by atoms with Crippen LogP contribution in [-0.2, 0) is 9.59 Å². The van der Waals surface area contributed by atoms with Crippen LogP contribution < -0.4 is 14.4 Å². The van der Waals surface area contributed by atoms with E-state index < -0.39 is 23.5 Å². The maximum Gasteiger partial charge on any atom is 0.300 e. The van der Waals surface area contributed by atoms with Gasteiger partial charge in [0.1, 0.15) is 28.8 Å². The van der Waals surface area contributed by atoms with Crippen molar-refractivity contribution in [2.24, 2.45) is 0 Å². The summed E-state index contributed by atoms with van der Waals surface area (Å²) in [5, 5.41) is 31.4. The first-order valence-electron chi connectivity index (χ1n) is 9.97. The molecule has 1 aliphatic heterocycles. The van der Waals surface area contributed by atoms with Gasteiger partial charge in [-0.15, -0.1) is 0 Å². The zero-order valence-electron chi connectivity index (χ0n) is 17.9. The maximum atomic E-state index is 13.2. The molecule has 1 unspecified atom stereocenters. The lowest BCUT2D eigenvalue weighted by atomic mass is 9.94. The fourth-order valence-corrected chi connectivity index (χ4v) is 3.87. The second-order valence-corrected chi connectivity index (χ2v) is 7.32. The third-order valence-corrected chi connectivity index (χ3v) is 5.46. The van der Waals surface area contributed by atoms with Gasteiger partial charge in [0.2, 0.25) is 0 Å². The molecule has 1 saturated heterocycles. The number of para-hydroxylation sites is 2. The lowest BCUT2D eigenvalue weighted by Crippen LogP contribution is -2.29. The molecule has 4 rings (SSSR count). The Labute approximate surface area is 189 Å². The summed E-state index contributed by atoms with van der Waals surface area (Å²) in [6.45, 7) is 0. The summed E-state index contributed by atoms with van der Waals surface area (Å²) in [7, 11) is 2.87. The molecule has 3 aromatic carbocycles. The second kappa shape index (κ2) is 8.58. The van der Waals surface area contributed by atoms with Crippen LogP contribution in [0.4, 0.5) is 5.69 Å². The Hall–Kier alpha value is -4.46. The molecule has 8 nitrogen and oxygen atoms in total. The van der Waals surface area contributed by atoms with Crippen molar-refractivity contribution in [2.45, 2.75) is 6.04 Å². The number of Topliss-reactive ketones (excluding diaryl/α,β-unsaturated/α-hetero) is 1.